The quantitative estimate of drug-likeness (QED) is 0.927. The van der Waals surface area contributed by atoms with E-state index in [0.29, 0.717) is 12.1 Å². The Labute approximate surface area is 117 Å². The molecule has 2 N–H and O–H groups in total. The molecule has 0 aromatic heterocycles. The van der Waals surface area contributed by atoms with Crippen LogP contribution in [-0.4, -0.2) is 7.05 Å². The molecule has 0 atom stereocenters. The number of benzene rings is 2. The van der Waals surface area contributed by atoms with Gasteiger partial charge in [-0.1, -0.05) is 29.8 Å². The van der Waals surface area contributed by atoms with Crippen molar-refractivity contribution in [2.24, 2.45) is 5.73 Å². The fraction of sp³-hybridized carbons (Fsp3) is 0.250. The van der Waals surface area contributed by atoms with Crippen molar-refractivity contribution >= 4 is 5.69 Å². The maximum atomic E-state index is 14.0. The van der Waals surface area contributed by atoms with Gasteiger partial charge in [0.2, 0.25) is 0 Å². The number of nitrogens with two attached hydrogens (primary N) is 1. The second-order valence-electron chi connectivity index (χ2n) is 4.96. The summed E-state index contributed by atoms with van der Waals surface area (Å²) in [5, 5.41) is 0. The third kappa shape index (κ3) is 3.14. The lowest BCUT2D eigenvalue weighted by Crippen LogP contribution is -2.19. The molecule has 0 aliphatic carbocycles. The Balaban J connectivity index is 2.27. The van der Waals surface area contributed by atoms with Gasteiger partial charge in [-0.3, -0.25) is 0 Å². The highest BCUT2D eigenvalue weighted by Crippen LogP contribution is 2.25. The molecule has 2 aromatic carbocycles. The van der Waals surface area contributed by atoms with Gasteiger partial charge in [-0.25, -0.2) is 8.78 Å². The minimum absolute atomic E-state index is 0.0243. The van der Waals surface area contributed by atoms with Crippen LogP contribution in [0.25, 0.3) is 0 Å². The lowest BCUT2D eigenvalue weighted by atomic mass is 10.1. The number of nitrogens with zero attached hydrogens (tertiary/aromatic N) is 1. The summed E-state index contributed by atoms with van der Waals surface area (Å²) in [6.07, 6.45) is 0. The van der Waals surface area contributed by atoms with Crippen LogP contribution in [0.4, 0.5) is 14.5 Å². The predicted octanol–water partition coefficient (Wildman–Crippen LogP) is 3.37. The van der Waals surface area contributed by atoms with Gasteiger partial charge in [0.15, 0.2) is 0 Å². The zero-order valence-electron chi connectivity index (χ0n) is 11.7. The summed E-state index contributed by atoms with van der Waals surface area (Å²) in [6.45, 7) is 2.55. The normalized spacial score (nSPS) is 10.7. The molecule has 0 radical (unpaired) electrons. The van der Waals surface area contributed by atoms with E-state index in [4.69, 9.17) is 5.73 Å². The van der Waals surface area contributed by atoms with Crippen LogP contribution in [0.15, 0.2) is 36.4 Å². The van der Waals surface area contributed by atoms with E-state index >= 15 is 0 Å². The Morgan fingerprint density at radius 2 is 1.70 bits per heavy atom. The molecular weight excluding hydrogens is 258 g/mol. The summed E-state index contributed by atoms with van der Waals surface area (Å²) in [6, 6.07) is 10.4. The highest BCUT2D eigenvalue weighted by atomic mass is 19.1. The lowest BCUT2D eigenvalue weighted by Gasteiger charge is -2.21. The average molecular weight is 276 g/mol. The standard InChI is InChI=1S/C16H18F2N2/c1-11-4-3-5-12(6-11)10-20(2)16-14(17)7-13(9-19)8-15(16)18/h3-8H,9-10,19H2,1-2H3. The summed E-state index contributed by atoms with van der Waals surface area (Å²) in [4.78, 5) is 1.57. The van der Waals surface area contributed by atoms with Crippen molar-refractivity contribution in [3.05, 3.63) is 64.7 Å². The van der Waals surface area contributed by atoms with Gasteiger partial charge in [-0.05, 0) is 30.2 Å². The molecule has 0 aliphatic rings. The van der Waals surface area contributed by atoms with Gasteiger partial charge in [0.1, 0.15) is 17.3 Å². The molecule has 0 heterocycles. The molecule has 0 aliphatic heterocycles. The summed E-state index contributed by atoms with van der Waals surface area (Å²) in [7, 11) is 1.67. The van der Waals surface area contributed by atoms with Gasteiger partial charge < -0.3 is 10.6 Å². The van der Waals surface area contributed by atoms with E-state index in [2.05, 4.69) is 0 Å². The topological polar surface area (TPSA) is 29.3 Å². The Morgan fingerprint density at radius 1 is 1.05 bits per heavy atom. The minimum atomic E-state index is -0.583. The Morgan fingerprint density at radius 3 is 2.25 bits per heavy atom. The smallest absolute Gasteiger partial charge is 0.149 e. The first-order chi connectivity index (χ1) is 9.51. The van der Waals surface area contributed by atoms with Crippen molar-refractivity contribution in [2.45, 2.75) is 20.0 Å². The maximum Gasteiger partial charge on any atom is 0.149 e. The number of hydrogen-bond acceptors (Lipinski definition) is 2. The molecule has 0 saturated carbocycles. The highest BCUT2D eigenvalue weighted by Gasteiger charge is 2.15. The predicted molar refractivity (Wildman–Crippen MR) is 77.5 cm³/mol. The van der Waals surface area contributed by atoms with Crippen molar-refractivity contribution in [1.29, 1.82) is 0 Å². The number of rotatable bonds is 4. The third-order valence-electron chi connectivity index (χ3n) is 3.20. The maximum absolute atomic E-state index is 14.0. The first-order valence-corrected chi connectivity index (χ1v) is 6.46. The molecule has 0 unspecified atom stereocenters. The molecule has 20 heavy (non-hydrogen) atoms. The Hall–Kier alpha value is -1.94. The summed E-state index contributed by atoms with van der Waals surface area (Å²) in [5.41, 5.74) is 7.96. The van der Waals surface area contributed by atoms with Crippen LogP contribution in [-0.2, 0) is 13.1 Å². The van der Waals surface area contributed by atoms with Gasteiger partial charge in [0, 0.05) is 20.1 Å². The van der Waals surface area contributed by atoms with Gasteiger partial charge in [0.05, 0.1) is 0 Å². The minimum Gasteiger partial charge on any atom is -0.366 e. The lowest BCUT2D eigenvalue weighted by molar-refractivity contribution is 0.573. The molecule has 0 bridgehead atoms. The van der Waals surface area contributed by atoms with Crippen molar-refractivity contribution < 1.29 is 8.78 Å². The van der Waals surface area contributed by atoms with Crippen molar-refractivity contribution in [1.82, 2.24) is 0 Å². The molecule has 2 aromatic rings. The Bertz CT molecular complexity index is 588. The van der Waals surface area contributed by atoms with Gasteiger partial charge >= 0.3 is 0 Å². The Kier molecular flexibility index (Phi) is 4.35. The summed E-state index contributed by atoms with van der Waals surface area (Å²) < 4.78 is 28.0. The van der Waals surface area contributed by atoms with E-state index in [0.717, 1.165) is 11.1 Å². The van der Waals surface area contributed by atoms with Crippen molar-refractivity contribution in [3.8, 4) is 0 Å². The van der Waals surface area contributed by atoms with Crippen LogP contribution in [0.5, 0.6) is 0 Å². The van der Waals surface area contributed by atoms with Gasteiger partial charge in [0.25, 0.3) is 0 Å². The number of hydrogen-bond donors (Lipinski definition) is 1. The molecule has 0 fully saturated rings. The van der Waals surface area contributed by atoms with E-state index in [9.17, 15) is 8.78 Å². The van der Waals surface area contributed by atoms with E-state index in [1.165, 1.54) is 12.1 Å². The first-order valence-electron chi connectivity index (χ1n) is 6.46. The van der Waals surface area contributed by atoms with Crippen LogP contribution < -0.4 is 10.6 Å². The second-order valence-corrected chi connectivity index (χ2v) is 4.96. The van der Waals surface area contributed by atoms with Crippen LogP contribution in [0.3, 0.4) is 0 Å². The molecule has 2 rings (SSSR count). The SMILES string of the molecule is Cc1cccc(CN(C)c2c(F)cc(CN)cc2F)c1. The van der Waals surface area contributed by atoms with Gasteiger partial charge in [-0.15, -0.1) is 0 Å². The zero-order valence-corrected chi connectivity index (χ0v) is 11.7. The fourth-order valence-electron chi connectivity index (χ4n) is 2.26. The molecule has 0 saturated heterocycles. The third-order valence-corrected chi connectivity index (χ3v) is 3.20. The molecule has 106 valence electrons. The van der Waals surface area contributed by atoms with E-state index < -0.39 is 11.6 Å². The van der Waals surface area contributed by atoms with Crippen LogP contribution >= 0.6 is 0 Å². The largest absolute Gasteiger partial charge is 0.366 e. The summed E-state index contributed by atoms with van der Waals surface area (Å²) in [5.74, 6) is -1.17. The zero-order chi connectivity index (χ0) is 14.7. The monoisotopic (exact) mass is 276 g/mol. The van der Waals surface area contributed by atoms with Crippen molar-refractivity contribution in [3.63, 3.8) is 0 Å². The van der Waals surface area contributed by atoms with Crippen molar-refractivity contribution in [2.75, 3.05) is 11.9 Å². The van der Waals surface area contributed by atoms with Crippen LogP contribution in [0, 0.1) is 18.6 Å². The number of aryl methyl sites for hydroxylation is 1. The van der Waals surface area contributed by atoms with Gasteiger partial charge in [-0.2, -0.15) is 0 Å². The van der Waals surface area contributed by atoms with E-state index in [1.807, 2.05) is 31.2 Å². The van der Waals surface area contributed by atoms with Crippen LogP contribution in [0.2, 0.25) is 0 Å². The van der Waals surface area contributed by atoms with E-state index in [-0.39, 0.29) is 12.2 Å². The molecule has 0 spiro atoms. The van der Waals surface area contributed by atoms with E-state index in [1.54, 1.807) is 11.9 Å². The second kappa shape index (κ2) is 6.01. The molecule has 2 nitrogen and oxygen atoms in total. The van der Waals surface area contributed by atoms with Crippen LogP contribution in [0.1, 0.15) is 16.7 Å². The summed E-state index contributed by atoms with van der Waals surface area (Å²) >= 11 is 0. The molecular formula is C16H18F2N2. The highest BCUT2D eigenvalue weighted by molar-refractivity contribution is 5.50. The number of anilines is 1. The fourth-order valence-corrected chi connectivity index (χ4v) is 2.26. The molecule has 4 heteroatoms. The number of halogens is 2. The first kappa shape index (κ1) is 14.5. The molecule has 0 amide bonds. The average Bonchev–Trinajstić information content (AvgIpc) is 2.37.